The summed E-state index contributed by atoms with van der Waals surface area (Å²) >= 11 is 0. The molecule has 3 rings (SSSR count). The zero-order chi connectivity index (χ0) is 23.4. The Morgan fingerprint density at radius 2 is 1.84 bits per heavy atom. The molecule has 0 spiro atoms. The number of allylic oxidation sites excluding steroid dienone is 1. The maximum atomic E-state index is 13.3. The van der Waals surface area contributed by atoms with E-state index < -0.39 is 44.1 Å². The van der Waals surface area contributed by atoms with Crippen molar-refractivity contribution in [2.45, 2.75) is 30.7 Å². The Morgan fingerprint density at radius 3 is 2.35 bits per heavy atom. The lowest BCUT2D eigenvalue weighted by Crippen LogP contribution is -3.09. The number of hydrogen-bond acceptors (Lipinski definition) is 5. The van der Waals surface area contributed by atoms with E-state index in [2.05, 4.69) is 9.97 Å². The second-order valence-electron chi connectivity index (χ2n) is 6.66. The highest BCUT2D eigenvalue weighted by atomic mass is 32.2. The normalized spacial score (nSPS) is 17.5. The van der Waals surface area contributed by atoms with Gasteiger partial charge in [-0.15, -0.1) is 5.06 Å². The summed E-state index contributed by atoms with van der Waals surface area (Å²) < 4.78 is 106. The topological polar surface area (TPSA) is 78.5 Å². The first kappa shape index (κ1) is 23.2. The number of sulfone groups is 1. The van der Waals surface area contributed by atoms with Crippen molar-refractivity contribution in [3.05, 3.63) is 34.9 Å². The first-order chi connectivity index (χ1) is 14.2. The summed E-state index contributed by atoms with van der Waals surface area (Å²) in [5, 5.41) is -0.365. The average Bonchev–Trinajstić information content (AvgIpc) is 3.01. The van der Waals surface area contributed by atoms with E-state index in [1.165, 1.54) is 18.5 Å². The number of quaternary nitrogens is 1. The first-order valence-corrected chi connectivity index (χ1v) is 10.4. The van der Waals surface area contributed by atoms with Gasteiger partial charge in [-0.05, 0) is 6.07 Å². The predicted molar refractivity (Wildman–Crippen MR) is 94.9 cm³/mol. The summed E-state index contributed by atoms with van der Waals surface area (Å²) in [4.78, 5) is 11.9. The standard InChI is InChI=1S/C17H16F6N4O3S/c1-4-31(28,29)12-5-9(16(18,19)20)7-24-14(12)15-25-10-6-13(17(21,22)23)27(30-3)8-11(10)26(15)2/h5-7H,4,8H2,1-3H3/p+1. The SMILES string of the molecule is CCS(=O)(=O)c1cc(C(F)(F)F)cnc1-c1nc2c(n1C)C[NH+](OC)C(C(F)(F)F)=C2. The molecule has 14 heteroatoms. The van der Waals surface area contributed by atoms with Crippen LogP contribution < -0.4 is 5.06 Å². The highest BCUT2D eigenvalue weighted by molar-refractivity contribution is 7.91. The van der Waals surface area contributed by atoms with Crippen LogP contribution in [-0.4, -0.2) is 42.0 Å². The van der Waals surface area contributed by atoms with Gasteiger partial charge in [-0.1, -0.05) is 6.92 Å². The molecule has 0 fully saturated rings. The summed E-state index contributed by atoms with van der Waals surface area (Å²) in [5.74, 6) is -0.687. The van der Waals surface area contributed by atoms with Crippen molar-refractivity contribution >= 4 is 15.9 Å². The zero-order valence-corrected chi connectivity index (χ0v) is 17.2. The number of alkyl halides is 6. The lowest BCUT2D eigenvalue weighted by Gasteiger charge is -2.22. The van der Waals surface area contributed by atoms with Crippen molar-refractivity contribution in [3.8, 4) is 11.5 Å². The van der Waals surface area contributed by atoms with Gasteiger partial charge in [0.05, 0.1) is 29.0 Å². The van der Waals surface area contributed by atoms with Crippen LogP contribution in [0.3, 0.4) is 0 Å². The second kappa shape index (κ2) is 7.60. The molecule has 0 amide bonds. The summed E-state index contributed by atoms with van der Waals surface area (Å²) in [7, 11) is -1.68. The van der Waals surface area contributed by atoms with Crippen LogP contribution in [0, 0.1) is 0 Å². The smallest absolute Gasteiger partial charge is 0.324 e. The second-order valence-corrected chi connectivity index (χ2v) is 8.90. The minimum absolute atomic E-state index is 0.104. The molecule has 1 aliphatic heterocycles. The molecule has 0 bridgehead atoms. The summed E-state index contributed by atoms with van der Waals surface area (Å²) in [6, 6.07) is 0.457. The van der Waals surface area contributed by atoms with E-state index in [-0.39, 0.29) is 34.5 Å². The van der Waals surface area contributed by atoms with Gasteiger partial charge < -0.3 is 4.57 Å². The number of imidazole rings is 1. The molecule has 2 aromatic rings. The number of pyridine rings is 1. The number of nitrogens with one attached hydrogen (secondary N) is 1. The van der Waals surface area contributed by atoms with Crippen molar-refractivity contribution in [1.82, 2.24) is 14.5 Å². The van der Waals surface area contributed by atoms with Gasteiger partial charge in [-0.2, -0.15) is 26.3 Å². The van der Waals surface area contributed by atoms with Gasteiger partial charge in [-0.25, -0.2) is 18.2 Å². The fourth-order valence-electron chi connectivity index (χ4n) is 3.14. The van der Waals surface area contributed by atoms with Crippen molar-refractivity contribution in [3.63, 3.8) is 0 Å². The molecule has 31 heavy (non-hydrogen) atoms. The summed E-state index contributed by atoms with van der Waals surface area (Å²) in [6.07, 6.45) is -8.35. The maximum Gasteiger partial charge on any atom is 0.470 e. The third-order valence-corrected chi connectivity index (χ3v) is 6.55. The van der Waals surface area contributed by atoms with Gasteiger partial charge in [-0.3, -0.25) is 4.98 Å². The van der Waals surface area contributed by atoms with E-state index in [1.807, 2.05) is 0 Å². The van der Waals surface area contributed by atoms with Gasteiger partial charge in [0, 0.05) is 19.3 Å². The monoisotopic (exact) mass is 471 g/mol. The van der Waals surface area contributed by atoms with Crippen LogP contribution in [0.15, 0.2) is 22.9 Å². The third kappa shape index (κ3) is 4.19. The fraction of sp³-hybridized carbons (Fsp3) is 0.412. The van der Waals surface area contributed by atoms with E-state index >= 15 is 0 Å². The summed E-state index contributed by atoms with van der Waals surface area (Å²) in [5.41, 5.74) is -2.54. The molecule has 0 aliphatic carbocycles. The zero-order valence-electron chi connectivity index (χ0n) is 16.4. The van der Waals surface area contributed by atoms with Crippen LogP contribution in [0.2, 0.25) is 0 Å². The molecule has 7 nitrogen and oxygen atoms in total. The van der Waals surface area contributed by atoms with Gasteiger partial charge >= 0.3 is 12.4 Å². The molecule has 0 saturated heterocycles. The molecule has 1 unspecified atom stereocenters. The van der Waals surface area contributed by atoms with Crippen LogP contribution in [0.1, 0.15) is 23.9 Å². The lowest BCUT2D eigenvalue weighted by molar-refractivity contribution is -1.07. The molecule has 0 aromatic carbocycles. The Kier molecular flexibility index (Phi) is 5.69. The molecule has 170 valence electrons. The number of aromatic nitrogens is 3. The molecular formula is C17H17F6N4O3S+. The van der Waals surface area contributed by atoms with Crippen LogP contribution in [-0.2, 0) is 34.4 Å². The highest BCUT2D eigenvalue weighted by Gasteiger charge is 2.47. The third-order valence-electron chi connectivity index (χ3n) is 4.81. The molecule has 0 saturated carbocycles. The number of rotatable bonds is 4. The lowest BCUT2D eigenvalue weighted by atomic mass is 10.2. The molecule has 1 aliphatic rings. The van der Waals surface area contributed by atoms with Gasteiger partial charge in [0.2, 0.25) is 5.70 Å². The molecule has 0 radical (unpaired) electrons. The molecule has 1 atom stereocenters. The number of fused-ring (bicyclic) bond motifs is 1. The maximum absolute atomic E-state index is 13.3. The number of halogens is 6. The fourth-order valence-corrected chi connectivity index (χ4v) is 4.19. The van der Waals surface area contributed by atoms with E-state index in [1.54, 1.807) is 0 Å². The average molecular weight is 471 g/mol. The molecular weight excluding hydrogens is 454 g/mol. The molecule has 2 aromatic heterocycles. The Balaban J connectivity index is 2.25. The Hall–Kier alpha value is -2.45. The number of nitrogens with zero attached hydrogens (tertiary/aromatic N) is 3. The van der Waals surface area contributed by atoms with E-state index in [9.17, 15) is 34.8 Å². The number of hydroxylamine groups is 2. The van der Waals surface area contributed by atoms with Gasteiger partial charge in [0.25, 0.3) is 0 Å². The largest absolute Gasteiger partial charge is 0.470 e. The van der Waals surface area contributed by atoms with Crippen molar-refractivity contribution < 1.29 is 44.7 Å². The quantitative estimate of drug-likeness (QED) is 0.692. The van der Waals surface area contributed by atoms with Crippen molar-refractivity contribution in [2.24, 2.45) is 7.05 Å². The first-order valence-electron chi connectivity index (χ1n) is 8.75. The Bertz CT molecular complexity index is 1150. The van der Waals surface area contributed by atoms with E-state index in [0.717, 1.165) is 13.2 Å². The van der Waals surface area contributed by atoms with Crippen LogP contribution in [0.4, 0.5) is 26.3 Å². The molecule has 3 heterocycles. The van der Waals surface area contributed by atoms with Crippen LogP contribution in [0.5, 0.6) is 0 Å². The minimum Gasteiger partial charge on any atom is -0.324 e. The Labute approximate surface area is 172 Å². The summed E-state index contributed by atoms with van der Waals surface area (Å²) in [6.45, 7) is 0.957. The van der Waals surface area contributed by atoms with Crippen LogP contribution in [0.25, 0.3) is 17.6 Å². The van der Waals surface area contributed by atoms with Gasteiger partial charge in [0.15, 0.2) is 22.2 Å². The highest BCUT2D eigenvalue weighted by Crippen LogP contribution is 2.35. The number of hydrogen-bond donors (Lipinski definition) is 1. The van der Waals surface area contributed by atoms with E-state index in [0.29, 0.717) is 12.3 Å². The molecule has 1 N–H and O–H groups in total. The van der Waals surface area contributed by atoms with Crippen molar-refractivity contribution in [2.75, 3.05) is 12.9 Å². The Morgan fingerprint density at radius 1 is 1.19 bits per heavy atom. The predicted octanol–water partition coefficient (Wildman–Crippen LogP) is 2.16. The van der Waals surface area contributed by atoms with E-state index in [4.69, 9.17) is 4.84 Å². The van der Waals surface area contributed by atoms with Gasteiger partial charge in [0.1, 0.15) is 11.4 Å². The minimum atomic E-state index is -4.84. The van der Waals surface area contributed by atoms with Crippen molar-refractivity contribution in [1.29, 1.82) is 0 Å². The van der Waals surface area contributed by atoms with Crippen LogP contribution >= 0.6 is 0 Å².